The predicted octanol–water partition coefficient (Wildman–Crippen LogP) is 6.18. The van der Waals surface area contributed by atoms with Crippen LogP contribution in [0.15, 0.2) is 86.6 Å². The summed E-state index contributed by atoms with van der Waals surface area (Å²) in [7, 11) is 0. The Morgan fingerprint density at radius 3 is 2.33 bits per heavy atom. The zero-order valence-corrected chi connectivity index (χ0v) is 24.9. The Balaban J connectivity index is 1.17. The normalized spacial score (nSPS) is 16.8. The zero-order chi connectivity index (χ0) is 27.4. The van der Waals surface area contributed by atoms with Gasteiger partial charge in [0.1, 0.15) is 18.9 Å². The van der Waals surface area contributed by atoms with Gasteiger partial charge in [-0.2, -0.15) is 0 Å². The second-order valence-corrected chi connectivity index (χ2v) is 11.8. The zero-order valence-electron chi connectivity index (χ0n) is 20.9. The first-order valence-electron chi connectivity index (χ1n) is 12.4. The van der Waals surface area contributed by atoms with Crippen LogP contribution in [0.5, 0.6) is 5.75 Å². The number of carbonyl (C=O) groups is 3. The minimum Gasteiger partial charge on any atom is -0.488 e. The molecule has 0 radical (unpaired) electrons. The summed E-state index contributed by atoms with van der Waals surface area (Å²) in [6.45, 7) is 2.66. The van der Waals surface area contributed by atoms with Crippen molar-refractivity contribution >= 4 is 72.4 Å². The van der Waals surface area contributed by atoms with Crippen LogP contribution < -0.4 is 9.64 Å². The number of thioether (sulfide) groups is 1. The van der Waals surface area contributed by atoms with Crippen LogP contribution >= 0.6 is 43.6 Å². The molecule has 0 aliphatic carbocycles. The standard InChI is InChI=1S/C29H25Br2N3O4S/c30-22-9-6-20(7-10-22)19-38-25-11-8-21(16-24(25)31)17-26-28(36)34(29(37)39-26)18-27(35)33-14-12-32(13-15-33)23-4-2-1-3-5-23/h1-11,16-17H,12-15,18-19H2/b26-17+. The molecule has 0 bridgehead atoms. The van der Waals surface area contributed by atoms with Crippen molar-refractivity contribution in [2.45, 2.75) is 6.61 Å². The number of piperazine rings is 1. The fourth-order valence-corrected chi connectivity index (χ4v) is 5.96. The highest BCUT2D eigenvalue weighted by atomic mass is 79.9. The minimum atomic E-state index is -0.451. The van der Waals surface area contributed by atoms with E-state index in [1.807, 2.05) is 72.8 Å². The van der Waals surface area contributed by atoms with Crippen LogP contribution in [0, 0.1) is 0 Å². The van der Waals surface area contributed by atoms with Crippen molar-refractivity contribution in [3.63, 3.8) is 0 Å². The topological polar surface area (TPSA) is 70.2 Å². The number of carbonyl (C=O) groups excluding carboxylic acids is 3. The third-order valence-corrected chi connectivity index (χ3v) is 8.54. The van der Waals surface area contributed by atoms with Gasteiger partial charge in [-0.3, -0.25) is 19.3 Å². The van der Waals surface area contributed by atoms with Gasteiger partial charge in [0, 0.05) is 36.3 Å². The first-order valence-corrected chi connectivity index (χ1v) is 14.8. The van der Waals surface area contributed by atoms with Crippen LogP contribution in [-0.2, 0) is 16.2 Å². The summed E-state index contributed by atoms with van der Waals surface area (Å²) in [6.07, 6.45) is 1.66. The molecule has 3 aromatic rings. The molecular weight excluding hydrogens is 646 g/mol. The number of ether oxygens (including phenoxy) is 1. The van der Waals surface area contributed by atoms with Crippen LogP contribution in [-0.4, -0.2) is 59.6 Å². The van der Waals surface area contributed by atoms with E-state index < -0.39 is 11.1 Å². The van der Waals surface area contributed by atoms with E-state index in [-0.39, 0.29) is 17.4 Å². The molecule has 2 heterocycles. The van der Waals surface area contributed by atoms with Gasteiger partial charge in [0.25, 0.3) is 11.1 Å². The first-order chi connectivity index (χ1) is 18.9. The summed E-state index contributed by atoms with van der Waals surface area (Å²) in [5, 5.41) is -0.434. The van der Waals surface area contributed by atoms with Gasteiger partial charge in [-0.1, -0.05) is 52.3 Å². The maximum Gasteiger partial charge on any atom is 0.294 e. The van der Waals surface area contributed by atoms with Gasteiger partial charge in [0.15, 0.2) is 0 Å². The predicted molar refractivity (Wildman–Crippen MR) is 161 cm³/mol. The Hall–Kier alpha value is -3.08. The summed E-state index contributed by atoms with van der Waals surface area (Å²) in [5.74, 6) is -0.00429. The Labute approximate surface area is 248 Å². The molecule has 2 fully saturated rings. The van der Waals surface area contributed by atoms with Crippen LogP contribution in [0.4, 0.5) is 10.5 Å². The van der Waals surface area contributed by atoms with Crippen molar-refractivity contribution in [3.8, 4) is 5.75 Å². The highest BCUT2D eigenvalue weighted by Crippen LogP contribution is 2.34. The first kappa shape index (κ1) is 27.5. The molecule has 0 saturated carbocycles. The molecule has 3 amide bonds. The monoisotopic (exact) mass is 669 g/mol. The number of imide groups is 1. The summed E-state index contributed by atoms with van der Waals surface area (Å²) in [5.41, 5.74) is 2.90. The van der Waals surface area contributed by atoms with Crippen LogP contribution in [0.3, 0.4) is 0 Å². The van der Waals surface area contributed by atoms with Gasteiger partial charge in [-0.15, -0.1) is 0 Å². The molecule has 3 aromatic carbocycles. The number of anilines is 1. The maximum atomic E-state index is 13.0. The van der Waals surface area contributed by atoms with E-state index in [2.05, 4.69) is 36.8 Å². The molecule has 0 aromatic heterocycles. The van der Waals surface area contributed by atoms with Gasteiger partial charge < -0.3 is 14.5 Å². The average molecular weight is 671 g/mol. The van der Waals surface area contributed by atoms with Crippen LogP contribution in [0.1, 0.15) is 11.1 Å². The largest absolute Gasteiger partial charge is 0.488 e. The van der Waals surface area contributed by atoms with Gasteiger partial charge in [0.05, 0.1) is 9.38 Å². The summed E-state index contributed by atoms with van der Waals surface area (Å²) in [4.78, 5) is 43.8. The molecule has 2 aliphatic heterocycles. The van der Waals surface area contributed by atoms with Crippen molar-refractivity contribution in [2.75, 3.05) is 37.6 Å². The van der Waals surface area contributed by atoms with Gasteiger partial charge in [0.2, 0.25) is 5.91 Å². The molecule has 0 atom stereocenters. The second kappa shape index (κ2) is 12.4. The lowest BCUT2D eigenvalue weighted by Gasteiger charge is -2.36. The minimum absolute atomic E-state index is 0.221. The van der Waals surface area contributed by atoms with E-state index in [4.69, 9.17) is 4.74 Å². The van der Waals surface area contributed by atoms with E-state index in [1.165, 1.54) is 0 Å². The number of hydrogen-bond acceptors (Lipinski definition) is 6. The Morgan fingerprint density at radius 2 is 1.64 bits per heavy atom. The lowest BCUT2D eigenvalue weighted by atomic mass is 10.2. The summed E-state index contributed by atoms with van der Waals surface area (Å²) >= 11 is 7.81. The SMILES string of the molecule is O=C(CN1C(=O)S/C(=C/c2ccc(OCc3ccc(Br)cc3)c(Br)c2)C1=O)N1CCN(c2ccccc2)CC1. The number of benzene rings is 3. The molecule has 5 rings (SSSR count). The number of amides is 3. The van der Waals surface area contributed by atoms with Crippen molar-refractivity contribution in [1.29, 1.82) is 0 Å². The Kier molecular flexibility index (Phi) is 8.74. The average Bonchev–Trinajstić information content (AvgIpc) is 3.21. The number of halogens is 2. The van der Waals surface area contributed by atoms with Gasteiger partial charge in [-0.25, -0.2) is 0 Å². The van der Waals surface area contributed by atoms with Crippen LogP contribution in [0.25, 0.3) is 6.08 Å². The van der Waals surface area contributed by atoms with Crippen molar-refractivity contribution in [2.24, 2.45) is 0 Å². The number of hydrogen-bond donors (Lipinski definition) is 0. The molecule has 2 saturated heterocycles. The molecular formula is C29H25Br2N3O4S. The van der Waals surface area contributed by atoms with Crippen molar-refractivity contribution < 1.29 is 19.1 Å². The highest BCUT2D eigenvalue weighted by Gasteiger charge is 2.37. The fourth-order valence-electron chi connectivity index (χ4n) is 4.34. The van der Waals surface area contributed by atoms with E-state index in [1.54, 1.807) is 11.0 Å². The Morgan fingerprint density at radius 1 is 0.923 bits per heavy atom. The third-order valence-electron chi connectivity index (χ3n) is 6.48. The number of nitrogens with zero attached hydrogens (tertiary/aromatic N) is 3. The van der Waals surface area contributed by atoms with E-state index in [0.717, 1.165) is 42.4 Å². The number of para-hydroxylation sites is 1. The van der Waals surface area contributed by atoms with E-state index in [0.29, 0.717) is 38.5 Å². The van der Waals surface area contributed by atoms with E-state index >= 15 is 0 Å². The van der Waals surface area contributed by atoms with Crippen molar-refractivity contribution in [3.05, 3.63) is 97.8 Å². The molecule has 2 aliphatic rings. The molecule has 0 unspecified atom stereocenters. The summed E-state index contributed by atoms with van der Waals surface area (Å²) in [6, 6.07) is 23.4. The molecule has 0 N–H and O–H groups in total. The lowest BCUT2D eigenvalue weighted by molar-refractivity contribution is -0.136. The molecule has 200 valence electrons. The van der Waals surface area contributed by atoms with Crippen LogP contribution in [0.2, 0.25) is 0 Å². The van der Waals surface area contributed by atoms with E-state index in [9.17, 15) is 14.4 Å². The van der Waals surface area contributed by atoms with Gasteiger partial charge in [-0.05, 0) is 81.3 Å². The van der Waals surface area contributed by atoms with Gasteiger partial charge >= 0.3 is 0 Å². The lowest BCUT2D eigenvalue weighted by Crippen LogP contribution is -2.51. The smallest absolute Gasteiger partial charge is 0.294 e. The molecule has 0 spiro atoms. The molecule has 10 heteroatoms. The Bertz CT molecular complexity index is 1410. The van der Waals surface area contributed by atoms with Crippen molar-refractivity contribution in [1.82, 2.24) is 9.80 Å². The number of rotatable bonds is 7. The molecule has 7 nitrogen and oxygen atoms in total. The summed E-state index contributed by atoms with van der Waals surface area (Å²) < 4.78 is 7.65. The quantitative estimate of drug-likeness (QED) is 0.280. The second-order valence-electron chi connectivity index (χ2n) is 9.08. The maximum absolute atomic E-state index is 13.0. The fraction of sp³-hybridized carbons (Fsp3) is 0.207. The molecule has 39 heavy (non-hydrogen) atoms. The highest BCUT2D eigenvalue weighted by molar-refractivity contribution is 9.10. The third kappa shape index (κ3) is 6.74.